The number of nitrogens with zero attached hydrogens (tertiary/aromatic N) is 2. The summed E-state index contributed by atoms with van der Waals surface area (Å²) in [5.41, 5.74) is 1.72. The smallest absolute Gasteiger partial charge is 0.254 e. The van der Waals surface area contributed by atoms with Crippen molar-refractivity contribution < 1.29 is 4.79 Å². The lowest BCUT2D eigenvalue weighted by atomic mass is 10.0. The summed E-state index contributed by atoms with van der Waals surface area (Å²) >= 11 is 0. The third kappa shape index (κ3) is 2.94. The van der Waals surface area contributed by atoms with Gasteiger partial charge in [0, 0.05) is 30.9 Å². The molecule has 1 amide bonds. The molecule has 4 heteroatoms. The minimum Gasteiger partial charge on any atom is -0.373 e. The molecular weight excluding hydrogens is 250 g/mol. The third-order valence-corrected chi connectivity index (χ3v) is 4.07. The molecule has 1 unspecified atom stereocenters. The van der Waals surface area contributed by atoms with E-state index in [2.05, 4.69) is 31.1 Å². The summed E-state index contributed by atoms with van der Waals surface area (Å²) in [6.07, 6.45) is 3.07. The maximum Gasteiger partial charge on any atom is 0.254 e. The van der Waals surface area contributed by atoms with Crippen LogP contribution in [0.15, 0.2) is 12.1 Å². The number of hydrogen-bond acceptors (Lipinski definition) is 3. The first-order valence-corrected chi connectivity index (χ1v) is 7.56. The van der Waals surface area contributed by atoms with Crippen LogP contribution in [0.2, 0.25) is 0 Å². The van der Waals surface area contributed by atoms with E-state index in [0.29, 0.717) is 12.0 Å². The van der Waals surface area contributed by atoms with Crippen molar-refractivity contribution in [2.75, 3.05) is 18.9 Å². The zero-order valence-electron chi connectivity index (χ0n) is 12.9. The molecule has 1 saturated heterocycles. The molecule has 0 spiro atoms. The number of carbonyl (C=O) groups is 1. The fraction of sp³-hybridized carbons (Fsp3) is 0.625. The first-order valence-electron chi connectivity index (χ1n) is 7.56. The van der Waals surface area contributed by atoms with Crippen LogP contribution in [-0.4, -0.2) is 35.4 Å². The highest BCUT2D eigenvalue weighted by Gasteiger charge is 2.31. The molecular formula is C16H25N3O. The maximum absolute atomic E-state index is 12.8. The van der Waals surface area contributed by atoms with Crippen molar-refractivity contribution in [2.24, 2.45) is 5.92 Å². The molecule has 2 heterocycles. The van der Waals surface area contributed by atoms with Gasteiger partial charge < -0.3 is 10.2 Å². The topological polar surface area (TPSA) is 45.2 Å². The standard InChI is InChI=1S/C16H25N3O/c1-5-13-9-12(10-15(17-4)18-13)16(20)19-8-6-7-14(19)11(2)3/h9-11,14H,5-8H2,1-4H3,(H,17,18). The number of rotatable bonds is 4. The Hall–Kier alpha value is -1.58. The summed E-state index contributed by atoms with van der Waals surface area (Å²) in [6, 6.07) is 4.16. The van der Waals surface area contributed by atoms with Crippen LogP contribution in [0.4, 0.5) is 5.82 Å². The highest BCUT2D eigenvalue weighted by Crippen LogP contribution is 2.26. The second-order valence-electron chi connectivity index (χ2n) is 5.79. The van der Waals surface area contributed by atoms with Crippen LogP contribution in [0, 0.1) is 5.92 Å². The van der Waals surface area contributed by atoms with Crippen molar-refractivity contribution >= 4 is 11.7 Å². The Morgan fingerprint density at radius 3 is 2.85 bits per heavy atom. The molecule has 110 valence electrons. The van der Waals surface area contributed by atoms with E-state index in [4.69, 9.17) is 0 Å². The second-order valence-corrected chi connectivity index (χ2v) is 5.79. The van der Waals surface area contributed by atoms with E-state index in [1.807, 2.05) is 24.1 Å². The van der Waals surface area contributed by atoms with E-state index in [0.717, 1.165) is 42.9 Å². The molecule has 2 rings (SSSR count). The Kier molecular flexibility index (Phi) is 4.63. The molecule has 1 aromatic rings. The zero-order valence-corrected chi connectivity index (χ0v) is 12.9. The lowest BCUT2D eigenvalue weighted by Crippen LogP contribution is -2.38. The van der Waals surface area contributed by atoms with E-state index in [1.165, 1.54) is 0 Å². The van der Waals surface area contributed by atoms with E-state index in [9.17, 15) is 4.79 Å². The van der Waals surface area contributed by atoms with Crippen molar-refractivity contribution in [1.82, 2.24) is 9.88 Å². The van der Waals surface area contributed by atoms with Gasteiger partial charge in [-0.05, 0) is 37.3 Å². The van der Waals surface area contributed by atoms with Gasteiger partial charge >= 0.3 is 0 Å². The van der Waals surface area contributed by atoms with Crippen molar-refractivity contribution in [1.29, 1.82) is 0 Å². The molecule has 0 radical (unpaired) electrons. The molecule has 1 N–H and O–H groups in total. The second kappa shape index (κ2) is 6.25. The van der Waals surface area contributed by atoms with Crippen molar-refractivity contribution in [3.8, 4) is 0 Å². The number of pyridine rings is 1. The van der Waals surface area contributed by atoms with Gasteiger partial charge in [0.15, 0.2) is 0 Å². The van der Waals surface area contributed by atoms with Crippen LogP contribution in [0.5, 0.6) is 0 Å². The molecule has 1 aliphatic heterocycles. The van der Waals surface area contributed by atoms with E-state index in [-0.39, 0.29) is 5.91 Å². The first kappa shape index (κ1) is 14.8. The van der Waals surface area contributed by atoms with Crippen LogP contribution >= 0.6 is 0 Å². The fourth-order valence-electron chi connectivity index (χ4n) is 2.92. The van der Waals surface area contributed by atoms with Crippen LogP contribution in [0.3, 0.4) is 0 Å². The van der Waals surface area contributed by atoms with Gasteiger partial charge in [-0.1, -0.05) is 20.8 Å². The molecule has 4 nitrogen and oxygen atoms in total. The van der Waals surface area contributed by atoms with E-state index < -0.39 is 0 Å². The van der Waals surface area contributed by atoms with Gasteiger partial charge in [0.2, 0.25) is 0 Å². The molecule has 1 atom stereocenters. The number of hydrogen-bond donors (Lipinski definition) is 1. The summed E-state index contributed by atoms with van der Waals surface area (Å²) in [4.78, 5) is 19.3. The number of aryl methyl sites for hydroxylation is 1. The molecule has 0 aliphatic carbocycles. The van der Waals surface area contributed by atoms with Crippen LogP contribution in [0.1, 0.15) is 49.7 Å². The summed E-state index contributed by atoms with van der Waals surface area (Å²) in [7, 11) is 1.84. The third-order valence-electron chi connectivity index (χ3n) is 4.07. The zero-order chi connectivity index (χ0) is 14.7. The predicted octanol–water partition coefficient (Wildman–Crippen LogP) is 2.95. The summed E-state index contributed by atoms with van der Waals surface area (Å²) < 4.78 is 0. The Bertz CT molecular complexity index is 462. The number of anilines is 1. The Balaban J connectivity index is 2.28. The minimum absolute atomic E-state index is 0.148. The van der Waals surface area contributed by atoms with Crippen LogP contribution in [0.25, 0.3) is 0 Å². The van der Waals surface area contributed by atoms with Gasteiger partial charge in [-0.3, -0.25) is 4.79 Å². The minimum atomic E-state index is 0.148. The number of amides is 1. The highest BCUT2D eigenvalue weighted by molar-refractivity contribution is 5.95. The van der Waals surface area contributed by atoms with Crippen LogP contribution in [-0.2, 0) is 6.42 Å². The monoisotopic (exact) mass is 275 g/mol. The Morgan fingerprint density at radius 1 is 1.50 bits per heavy atom. The highest BCUT2D eigenvalue weighted by atomic mass is 16.2. The van der Waals surface area contributed by atoms with Crippen molar-refractivity contribution in [3.63, 3.8) is 0 Å². The first-order chi connectivity index (χ1) is 9.56. The SMILES string of the molecule is CCc1cc(C(=O)N2CCCC2C(C)C)cc(NC)n1. The number of aromatic nitrogens is 1. The molecule has 0 saturated carbocycles. The van der Waals surface area contributed by atoms with Crippen molar-refractivity contribution in [2.45, 2.75) is 46.1 Å². The van der Waals surface area contributed by atoms with Gasteiger partial charge in [-0.2, -0.15) is 0 Å². The largest absolute Gasteiger partial charge is 0.373 e. The molecule has 1 fully saturated rings. The van der Waals surface area contributed by atoms with Gasteiger partial charge in [0.1, 0.15) is 5.82 Å². The molecule has 0 aromatic carbocycles. The average molecular weight is 275 g/mol. The number of nitrogens with one attached hydrogen (secondary N) is 1. The molecule has 1 aromatic heterocycles. The van der Waals surface area contributed by atoms with E-state index >= 15 is 0 Å². The van der Waals surface area contributed by atoms with Gasteiger partial charge in [0.05, 0.1) is 0 Å². The van der Waals surface area contributed by atoms with E-state index in [1.54, 1.807) is 0 Å². The number of likely N-dealkylation sites (tertiary alicyclic amines) is 1. The normalized spacial score (nSPS) is 18.6. The van der Waals surface area contributed by atoms with Gasteiger partial charge in [-0.15, -0.1) is 0 Å². The molecule has 0 bridgehead atoms. The summed E-state index contributed by atoms with van der Waals surface area (Å²) in [5, 5.41) is 3.04. The quantitative estimate of drug-likeness (QED) is 0.919. The van der Waals surface area contributed by atoms with Crippen molar-refractivity contribution in [3.05, 3.63) is 23.4 Å². The predicted molar refractivity (Wildman–Crippen MR) is 82.1 cm³/mol. The fourth-order valence-corrected chi connectivity index (χ4v) is 2.92. The van der Waals surface area contributed by atoms with Gasteiger partial charge in [-0.25, -0.2) is 4.98 Å². The number of carbonyl (C=O) groups excluding carboxylic acids is 1. The maximum atomic E-state index is 12.8. The summed E-state index contributed by atoms with van der Waals surface area (Å²) in [5.74, 6) is 1.43. The van der Waals surface area contributed by atoms with Gasteiger partial charge in [0.25, 0.3) is 5.91 Å². The molecule has 1 aliphatic rings. The van der Waals surface area contributed by atoms with Crippen LogP contribution < -0.4 is 5.32 Å². The lowest BCUT2D eigenvalue weighted by Gasteiger charge is -2.28. The molecule has 20 heavy (non-hydrogen) atoms. The summed E-state index contributed by atoms with van der Waals surface area (Å²) in [6.45, 7) is 7.32. The average Bonchev–Trinajstić information content (AvgIpc) is 2.95. The Morgan fingerprint density at radius 2 is 2.25 bits per heavy atom. The lowest BCUT2D eigenvalue weighted by molar-refractivity contribution is 0.0701. The Labute approximate surface area is 121 Å².